The van der Waals surface area contributed by atoms with E-state index in [-0.39, 0.29) is 6.04 Å². The molecule has 1 saturated heterocycles. The van der Waals surface area contributed by atoms with E-state index in [0.717, 1.165) is 0 Å². The molecular formula is C6H9NO3. The van der Waals surface area contributed by atoms with Crippen molar-refractivity contribution >= 4 is 11.7 Å². The molecule has 0 radical (unpaired) electrons. The maximum Gasteiger partial charge on any atom is 0.287 e. The van der Waals surface area contributed by atoms with E-state index in [1.165, 1.54) is 6.92 Å². The van der Waals surface area contributed by atoms with Gasteiger partial charge in [-0.1, -0.05) is 0 Å². The molecule has 0 aliphatic carbocycles. The van der Waals surface area contributed by atoms with Crippen molar-refractivity contribution in [3.63, 3.8) is 0 Å². The molecule has 0 aromatic heterocycles. The molecule has 0 unspecified atom stereocenters. The molecule has 1 N–H and O–H groups in total. The van der Waals surface area contributed by atoms with Gasteiger partial charge in [-0.25, -0.2) is 0 Å². The molecule has 4 nitrogen and oxygen atoms in total. The third-order valence-electron chi connectivity index (χ3n) is 1.29. The Kier molecular flexibility index (Phi) is 2.01. The van der Waals surface area contributed by atoms with Crippen LogP contribution < -0.4 is 5.32 Å². The summed E-state index contributed by atoms with van der Waals surface area (Å²) in [5, 5.41) is 2.50. The summed E-state index contributed by atoms with van der Waals surface area (Å²) in [4.78, 5) is 21.0. The smallest absolute Gasteiger partial charge is 0.287 e. The summed E-state index contributed by atoms with van der Waals surface area (Å²) in [6.07, 6.45) is 0. The number of rotatable bonds is 2. The Hall–Kier alpha value is -0.900. The van der Waals surface area contributed by atoms with Crippen LogP contribution in [0.25, 0.3) is 0 Å². The van der Waals surface area contributed by atoms with Crippen molar-refractivity contribution in [3.05, 3.63) is 0 Å². The van der Waals surface area contributed by atoms with Crippen LogP contribution in [0.2, 0.25) is 0 Å². The number of Topliss-reactive ketones (excluding diaryl/α,β-unsaturated/α-hetero) is 1. The van der Waals surface area contributed by atoms with Gasteiger partial charge in [0.25, 0.3) is 5.91 Å². The lowest BCUT2D eigenvalue weighted by Crippen LogP contribution is -2.50. The third kappa shape index (κ3) is 1.54. The van der Waals surface area contributed by atoms with E-state index in [2.05, 4.69) is 5.32 Å². The predicted octanol–water partition coefficient (Wildman–Crippen LogP) is -0.910. The van der Waals surface area contributed by atoms with Gasteiger partial charge in [0.2, 0.25) is 5.78 Å². The lowest BCUT2D eigenvalue weighted by Gasteiger charge is -2.26. The van der Waals surface area contributed by atoms with Crippen molar-refractivity contribution in [1.82, 2.24) is 5.32 Å². The summed E-state index contributed by atoms with van der Waals surface area (Å²) in [6.45, 7) is 2.30. The topological polar surface area (TPSA) is 55.4 Å². The van der Waals surface area contributed by atoms with Gasteiger partial charge < -0.3 is 10.1 Å². The zero-order valence-corrected chi connectivity index (χ0v) is 5.72. The fourth-order valence-corrected chi connectivity index (χ4v) is 0.606. The molecule has 1 heterocycles. The highest BCUT2D eigenvalue weighted by molar-refractivity contribution is 6.35. The minimum absolute atomic E-state index is 0.0522. The molecule has 1 aliphatic heterocycles. The number of ether oxygens (including phenoxy) is 1. The summed E-state index contributed by atoms with van der Waals surface area (Å²) >= 11 is 0. The molecule has 1 fully saturated rings. The van der Waals surface area contributed by atoms with Gasteiger partial charge in [0, 0.05) is 6.92 Å². The minimum atomic E-state index is -0.520. The number of nitrogens with one attached hydrogen (secondary N) is 1. The normalized spacial score (nSPS) is 17.7. The highest BCUT2D eigenvalue weighted by Gasteiger charge is 2.21. The van der Waals surface area contributed by atoms with Crippen molar-refractivity contribution in [2.24, 2.45) is 0 Å². The van der Waals surface area contributed by atoms with E-state index < -0.39 is 11.7 Å². The van der Waals surface area contributed by atoms with Crippen LogP contribution in [-0.2, 0) is 14.3 Å². The number of carbonyl (C=O) groups is 2. The predicted molar refractivity (Wildman–Crippen MR) is 33.4 cm³/mol. The van der Waals surface area contributed by atoms with Gasteiger partial charge in [-0.2, -0.15) is 0 Å². The van der Waals surface area contributed by atoms with Gasteiger partial charge in [0.1, 0.15) is 0 Å². The Bertz CT molecular complexity index is 162. The second-order valence-electron chi connectivity index (χ2n) is 2.26. The van der Waals surface area contributed by atoms with Crippen LogP contribution in [0.3, 0.4) is 0 Å². The molecule has 0 aromatic rings. The van der Waals surface area contributed by atoms with E-state index in [1.54, 1.807) is 0 Å². The van der Waals surface area contributed by atoms with Crippen LogP contribution in [-0.4, -0.2) is 30.9 Å². The second kappa shape index (κ2) is 2.79. The van der Waals surface area contributed by atoms with Crippen LogP contribution in [0.4, 0.5) is 0 Å². The second-order valence-corrected chi connectivity index (χ2v) is 2.26. The highest BCUT2D eigenvalue weighted by Crippen LogP contribution is 1.98. The molecule has 0 atom stereocenters. The number of hydrogen-bond donors (Lipinski definition) is 1. The average molecular weight is 143 g/mol. The monoisotopic (exact) mass is 143 g/mol. The van der Waals surface area contributed by atoms with Crippen molar-refractivity contribution < 1.29 is 14.3 Å². The van der Waals surface area contributed by atoms with Crippen molar-refractivity contribution in [3.8, 4) is 0 Å². The first-order valence-electron chi connectivity index (χ1n) is 3.09. The summed E-state index contributed by atoms with van der Waals surface area (Å²) in [6, 6.07) is 0.0522. The molecule has 10 heavy (non-hydrogen) atoms. The Balaban J connectivity index is 2.23. The van der Waals surface area contributed by atoms with Gasteiger partial charge in [0.15, 0.2) is 0 Å². The zero-order chi connectivity index (χ0) is 7.56. The standard InChI is InChI=1S/C6H9NO3/c1-4(8)6(9)7-5-2-10-3-5/h5H,2-3H2,1H3,(H,7,9). The summed E-state index contributed by atoms with van der Waals surface area (Å²) < 4.78 is 4.79. The lowest BCUT2D eigenvalue weighted by atomic mass is 10.2. The largest absolute Gasteiger partial charge is 0.377 e. The Morgan fingerprint density at radius 1 is 1.50 bits per heavy atom. The molecule has 0 spiro atoms. The lowest BCUT2D eigenvalue weighted by molar-refractivity contribution is -0.139. The SMILES string of the molecule is CC(=O)C(=O)NC1COC1. The molecule has 0 bridgehead atoms. The fraction of sp³-hybridized carbons (Fsp3) is 0.667. The van der Waals surface area contributed by atoms with Gasteiger partial charge in [-0.3, -0.25) is 9.59 Å². The molecular weight excluding hydrogens is 134 g/mol. The number of ketones is 1. The number of carbonyl (C=O) groups excluding carboxylic acids is 2. The van der Waals surface area contributed by atoms with Crippen LogP contribution in [0.1, 0.15) is 6.92 Å². The van der Waals surface area contributed by atoms with Gasteiger partial charge >= 0.3 is 0 Å². The van der Waals surface area contributed by atoms with Crippen LogP contribution in [0.15, 0.2) is 0 Å². The molecule has 0 saturated carbocycles. The third-order valence-corrected chi connectivity index (χ3v) is 1.29. The van der Waals surface area contributed by atoms with E-state index in [4.69, 9.17) is 4.74 Å². The van der Waals surface area contributed by atoms with Gasteiger partial charge in [0.05, 0.1) is 19.3 Å². The van der Waals surface area contributed by atoms with E-state index in [0.29, 0.717) is 13.2 Å². The van der Waals surface area contributed by atoms with E-state index in [1.807, 2.05) is 0 Å². The minimum Gasteiger partial charge on any atom is -0.377 e. The Labute approximate surface area is 58.5 Å². The number of amides is 1. The van der Waals surface area contributed by atoms with Gasteiger partial charge in [-0.15, -0.1) is 0 Å². The van der Waals surface area contributed by atoms with Gasteiger partial charge in [-0.05, 0) is 0 Å². The Morgan fingerprint density at radius 3 is 2.40 bits per heavy atom. The molecule has 1 aliphatic rings. The van der Waals surface area contributed by atoms with Crippen LogP contribution >= 0.6 is 0 Å². The summed E-state index contributed by atoms with van der Waals surface area (Å²) in [5.74, 6) is -0.972. The molecule has 1 amide bonds. The molecule has 0 aromatic carbocycles. The first-order chi connectivity index (χ1) is 4.70. The van der Waals surface area contributed by atoms with Crippen molar-refractivity contribution in [2.75, 3.05) is 13.2 Å². The van der Waals surface area contributed by atoms with E-state index in [9.17, 15) is 9.59 Å². The maximum absolute atomic E-state index is 10.6. The van der Waals surface area contributed by atoms with Crippen LogP contribution in [0.5, 0.6) is 0 Å². The Morgan fingerprint density at radius 2 is 2.10 bits per heavy atom. The number of hydrogen-bond acceptors (Lipinski definition) is 3. The van der Waals surface area contributed by atoms with Crippen molar-refractivity contribution in [1.29, 1.82) is 0 Å². The first-order valence-corrected chi connectivity index (χ1v) is 3.09. The molecule has 56 valence electrons. The van der Waals surface area contributed by atoms with Crippen molar-refractivity contribution in [2.45, 2.75) is 13.0 Å². The summed E-state index contributed by atoms with van der Waals surface area (Å²) in [7, 11) is 0. The van der Waals surface area contributed by atoms with E-state index >= 15 is 0 Å². The quantitative estimate of drug-likeness (QED) is 0.509. The molecule has 1 rings (SSSR count). The van der Waals surface area contributed by atoms with Crippen LogP contribution in [0, 0.1) is 0 Å². The highest BCUT2D eigenvalue weighted by atomic mass is 16.5. The molecule has 4 heteroatoms. The maximum atomic E-state index is 10.6. The summed E-state index contributed by atoms with van der Waals surface area (Å²) in [5.41, 5.74) is 0. The zero-order valence-electron chi connectivity index (χ0n) is 5.72. The average Bonchev–Trinajstić information content (AvgIpc) is 1.77. The fourth-order valence-electron chi connectivity index (χ4n) is 0.606. The first kappa shape index (κ1) is 7.21.